The van der Waals surface area contributed by atoms with E-state index < -0.39 is 0 Å². The van der Waals surface area contributed by atoms with Crippen LogP contribution < -0.4 is 4.90 Å². The second-order valence-corrected chi connectivity index (χ2v) is 9.60. The first kappa shape index (κ1) is 21.7. The number of carbonyl (C=O) groups excluding carboxylic acids is 1. The Morgan fingerprint density at radius 2 is 1.36 bits per heavy atom. The van der Waals surface area contributed by atoms with Crippen molar-refractivity contribution in [2.75, 3.05) is 19.0 Å². The molecule has 0 heterocycles. The van der Waals surface area contributed by atoms with Crippen molar-refractivity contribution in [2.45, 2.75) is 52.4 Å². The van der Waals surface area contributed by atoms with Gasteiger partial charge in [0, 0.05) is 36.5 Å². The van der Waals surface area contributed by atoms with Crippen molar-refractivity contribution >= 4 is 17.5 Å². The van der Waals surface area contributed by atoms with E-state index in [-0.39, 0.29) is 16.6 Å². The average Bonchev–Trinajstić information content (AvgIpc) is 2.58. The van der Waals surface area contributed by atoms with Crippen LogP contribution in [0.15, 0.2) is 42.5 Å². The molecule has 0 aliphatic heterocycles. The molecule has 0 fully saturated rings. The largest absolute Gasteiger partial charge is 0.507 e. The van der Waals surface area contributed by atoms with E-state index in [1.807, 2.05) is 103 Å². The summed E-state index contributed by atoms with van der Waals surface area (Å²) < 4.78 is 0. The second-order valence-electron chi connectivity index (χ2n) is 9.60. The molecule has 0 aliphatic rings. The minimum atomic E-state index is -0.258. The highest BCUT2D eigenvalue weighted by Crippen LogP contribution is 2.39. The molecule has 2 aromatic carbocycles. The Morgan fingerprint density at radius 3 is 1.75 bits per heavy atom. The number of phenols is 1. The topological polar surface area (TPSA) is 40.5 Å². The third kappa shape index (κ3) is 5.03. The zero-order valence-electron chi connectivity index (χ0n) is 18.4. The highest BCUT2D eigenvalue weighted by Gasteiger charge is 2.27. The molecule has 0 radical (unpaired) electrons. The number of aromatic hydroxyl groups is 1. The van der Waals surface area contributed by atoms with Crippen LogP contribution in [0.25, 0.3) is 6.08 Å². The molecular formula is C25H33NO2. The van der Waals surface area contributed by atoms with Crippen LogP contribution in [0, 0.1) is 0 Å². The summed E-state index contributed by atoms with van der Waals surface area (Å²) in [6.45, 7) is 12.3. The van der Waals surface area contributed by atoms with Crippen molar-refractivity contribution < 1.29 is 9.90 Å². The Kier molecular flexibility index (Phi) is 6.08. The number of rotatable bonds is 4. The second kappa shape index (κ2) is 7.83. The van der Waals surface area contributed by atoms with Gasteiger partial charge in [0.1, 0.15) is 5.75 Å². The molecule has 0 bridgehead atoms. The van der Waals surface area contributed by atoms with Crippen LogP contribution in [0.2, 0.25) is 0 Å². The fourth-order valence-electron chi connectivity index (χ4n) is 3.07. The van der Waals surface area contributed by atoms with Gasteiger partial charge in [0.15, 0.2) is 5.78 Å². The lowest BCUT2D eigenvalue weighted by atomic mass is 9.78. The number of anilines is 1. The Hall–Kier alpha value is -2.55. The van der Waals surface area contributed by atoms with Gasteiger partial charge in [0.2, 0.25) is 0 Å². The van der Waals surface area contributed by atoms with E-state index in [9.17, 15) is 9.90 Å². The highest BCUT2D eigenvalue weighted by molar-refractivity contribution is 6.07. The number of hydrogen-bond donors (Lipinski definition) is 1. The standard InChI is InChI=1S/C25H33NO2/c1-24(2,3)20-15-18(16-21(23(20)28)25(4,5)6)22(27)14-11-17-9-12-19(13-10-17)26(7)8/h9-16,28H,1-8H3/b14-11+. The predicted octanol–water partition coefficient (Wildman–Crippen LogP) is 5.95. The summed E-state index contributed by atoms with van der Waals surface area (Å²) in [4.78, 5) is 14.9. The molecule has 2 aromatic rings. The average molecular weight is 380 g/mol. The zero-order chi connectivity index (χ0) is 21.3. The van der Waals surface area contributed by atoms with Gasteiger partial charge in [-0.05, 0) is 46.7 Å². The van der Waals surface area contributed by atoms with Crippen molar-refractivity contribution in [1.82, 2.24) is 0 Å². The van der Waals surface area contributed by atoms with E-state index in [0.29, 0.717) is 11.3 Å². The summed E-state index contributed by atoms with van der Waals surface area (Å²) in [6, 6.07) is 11.7. The van der Waals surface area contributed by atoms with Gasteiger partial charge in [-0.15, -0.1) is 0 Å². The number of ketones is 1. The molecule has 0 saturated carbocycles. The number of carbonyl (C=O) groups is 1. The maximum Gasteiger partial charge on any atom is 0.185 e. The summed E-state index contributed by atoms with van der Waals surface area (Å²) >= 11 is 0. The zero-order valence-corrected chi connectivity index (χ0v) is 18.4. The van der Waals surface area contributed by atoms with Gasteiger partial charge in [-0.1, -0.05) is 59.8 Å². The SMILES string of the molecule is CN(C)c1ccc(/C=C/C(=O)c2cc(C(C)(C)C)c(O)c(C(C)(C)C)c2)cc1. The Labute approximate surface area is 169 Å². The van der Waals surface area contributed by atoms with Crippen LogP contribution in [0.1, 0.15) is 68.6 Å². The predicted molar refractivity (Wildman–Crippen MR) is 120 cm³/mol. The van der Waals surface area contributed by atoms with E-state index >= 15 is 0 Å². The fourth-order valence-corrected chi connectivity index (χ4v) is 3.07. The molecule has 2 rings (SSSR count). The smallest absolute Gasteiger partial charge is 0.185 e. The molecule has 0 unspecified atom stereocenters. The van der Waals surface area contributed by atoms with Crippen molar-refractivity contribution in [3.8, 4) is 5.75 Å². The maximum absolute atomic E-state index is 12.9. The third-order valence-corrected chi connectivity index (χ3v) is 4.85. The number of hydrogen-bond acceptors (Lipinski definition) is 3. The maximum atomic E-state index is 12.9. The summed E-state index contributed by atoms with van der Waals surface area (Å²) in [5, 5.41) is 10.8. The number of allylic oxidation sites excluding steroid dienone is 1. The first-order chi connectivity index (χ1) is 12.8. The van der Waals surface area contributed by atoms with Crippen LogP contribution in [0.5, 0.6) is 5.75 Å². The van der Waals surface area contributed by atoms with Crippen LogP contribution >= 0.6 is 0 Å². The third-order valence-electron chi connectivity index (χ3n) is 4.85. The molecule has 0 spiro atoms. The lowest BCUT2D eigenvalue weighted by Crippen LogP contribution is -2.18. The normalized spacial score (nSPS) is 12.4. The van der Waals surface area contributed by atoms with Gasteiger partial charge in [0.05, 0.1) is 0 Å². The number of benzene rings is 2. The van der Waals surface area contributed by atoms with Gasteiger partial charge >= 0.3 is 0 Å². The van der Waals surface area contributed by atoms with Crippen molar-refractivity contribution in [1.29, 1.82) is 0 Å². The van der Waals surface area contributed by atoms with E-state index in [2.05, 4.69) is 0 Å². The monoisotopic (exact) mass is 379 g/mol. The number of phenolic OH excluding ortho intramolecular Hbond substituents is 1. The van der Waals surface area contributed by atoms with Gasteiger partial charge in [0.25, 0.3) is 0 Å². The Morgan fingerprint density at radius 1 is 0.893 bits per heavy atom. The fraction of sp³-hybridized carbons (Fsp3) is 0.400. The van der Waals surface area contributed by atoms with E-state index in [1.54, 1.807) is 6.08 Å². The lowest BCUT2D eigenvalue weighted by Gasteiger charge is -2.27. The molecule has 3 nitrogen and oxygen atoms in total. The minimum Gasteiger partial charge on any atom is -0.507 e. The highest BCUT2D eigenvalue weighted by atomic mass is 16.3. The van der Waals surface area contributed by atoms with Crippen molar-refractivity contribution in [2.24, 2.45) is 0 Å². The van der Waals surface area contributed by atoms with Gasteiger partial charge in [-0.25, -0.2) is 0 Å². The molecule has 3 heteroatoms. The van der Waals surface area contributed by atoms with Gasteiger partial charge < -0.3 is 10.0 Å². The van der Waals surface area contributed by atoms with E-state index in [0.717, 1.165) is 22.4 Å². The first-order valence-corrected chi connectivity index (χ1v) is 9.68. The molecule has 28 heavy (non-hydrogen) atoms. The summed E-state index contributed by atoms with van der Waals surface area (Å²) in [5.74, 6) is 0.229. The summed E-state index contributed by atoms with van der Waals surface area (Å²) in [6.07, 6.45) is 3.44. The lowest BCUT2D eigenvalue weighted by molar-refractivity contribution is 0.104. The van der Waals surface area contributed by atoms with E-state index in [1.165, 1.54) is 0 Å². The van der Waals surface area contributed by atoms with Gasteiger partial charge in [-0.3, -0.25) is 4.79 Å². The van der Waals surface area contributed by atoms with Crippen LogP contribution in [0.3, 0.4) is 0 Å². The summed E-state index contributed by atoms with van der Waals surface area (Å²) in [5.41, 5.74) is 3.78. The molecule has 1 N–H and O–H groups in total. The Bertz CT molecular complexity index is 841. The Balaban J connectivity index is 2.41. The molecule has 150 valence electrons. The van der Waals surface area contributed by atoms with Crippen molar-refractivity contribution in [3.05, 3.63) is 64.7 Å². The van der Waals surface area contributed by atoms with Crippen LogP contribution in [0.4, 0.5) is 5.69 Å². The van der Waals surface area contributed by atoms with Gasteiger partial charge in [-0.2, -0.15) is 0 Å². The summed E-state index contributed by atoms with van der Waals surface area (Å²) in [7, 11) is 4.00. The van der Waals surface area contributed by atoms with Crippen LogP contribution in [-0.4, -0.2) is 25.0 Å². The van der Waals surface area contributed by atoms with Crippen LogP contribution in [-0.2, 0) is 10.8 Å². The van der Waals surface area contributed by atoms with E-state index in [4.69, 9.17) is 0 Å². The molecule has 0 atom stereocenters. The molecule has 0 aromatic heterocycles. The molecule has 0 saturated heterocycles. The molecule has 0 aliphatic carbocycles. The van der Waals surface area contributed by atoms with Crippen molar-refractivity contribution in [3.63, 3.8) is 0 Å². The molecule has 0 amide bonds. The first-order valence-electron chi connectivity index (χ1n) is 9.68. The number of nitrogens with zero attached hydrogens (tertiary/aromatic N) is 1. The quantitative estimate of drug-likeness (QED) is 0.527. The molecular weight excluding hydrogens is 346 g/mol. The minimum absolute atomic E-state index is 0.0623.